The summed E-state index contributed by atoms with van der Waals surface area (Å²) in [5, 5.41) is 10.8. The zero-order chi connectivity index (χ0) is 20.5. The maximum Gasteiger partial charge on any atom is 0.290 e. The van der Waals surface area contributed by atoms with Gasteiger partial charge >= 0.3 is 0 Å². The molecule has 146 valence electrons. The van der Waals surface area contributed by atoms with E-state index in [0.717, 1.165) is 26.7 Å². The van der Waals surface area contributed by atoms with E-state index in [1.54, 1.807) is 4.90 Å². The zero-order valence-electron chi connectivity index (χ0n) is 16.4. The summed E-state index contributed by atoms with van der Waals surface area (Å²) < 4.78 is 0.973. The number of halogens is 1. The molecular weight excluding hydrogens is 426 g/mol. The first-order valence-electron chi connectivity index (χ1n) is 9.56. The molecular formula is C25H22BrNO2. The van der Waals surface area contributed by atoms with Gasteiger partial charge in [-0.1, -0.05) is 87.7 Å². The van der Waals surface area contributed by atoms with Crippen molar-refractivity contribution >= 4 is 27.4 Å². The van der Waals surface area contributed by atoms with Gasteiger partial charge in [0.15, 0.2) is 5.76 Å². The van der Waals surface area contributed by atoms with Crippen molar-refractivity contribution in [3.05, 3.63) is 111 Å². The summed E-state index contributed by atoms with van der Waals surface area (Å²) in [4.78, 5) is 14.8. The van der Waals surface area contributed by atoms with Crippen LogP contribution in [0.1, 0.15) is 33.9 Å². The molecule has 29 heavy (non-hydrogen) atoms. The molecule has 0 saturated carbocycles. The van der Waals surface area contributed by atoms with Crippen LogP contribution in [0.3, 0.4) is 0 Å². The molecule has 0 bridgehead atoms. The molecule has 0 radical (unpaired) electrons. The van der Waals surface area contributed by atoms with Crippen LogP contribution < -0.4 is 0 Å². The molecule has 1 aliphatic rings. The number of benzene rings is 3. The highest BCUT2D eigenvalue weighted by Gasteiger charge is 2.40. The molecule has 1 aliphatic heterocycles. The minimum Gasteiger partial charge on any atom is -0.503 e. The van der Waals surface area contributed by atoms with E-state index in [9.17, 15) is 9.90 Å². The molecule has 0 spiro atoms. The van der Waals surface area contributed by atoms with Crippen LogP contribution >= 0.6 is 15.9 Å². The van der Waals surface area contributed by atoms with Crippen LogP contribution in [0.4, 0.5) is 0 Å². The van der Waals surface area contributed by atoms with Gasteiger partial charge in [0.05, 0.1) is 6.04 Å². The second-order valence-corrected chi connectivity index (χ2v) is 8.42. The van der Waals surface area contributed by atoms with Gasteiger partial charge in [0.1, 0.15) is 0 Å². The summed E-state index contributed by atoms with van der Waals surface area (Å²) in [6.07, 6.45) is 0. The molecule has 1 unspecified atom stereocenters. The van der Waals surface area contributed by atoms with E-state index in [1.165, 1.54) is 5.56 Å². The number of hydrogen-bond acceptors (Lipinski definition) is 2. The minimum atomic E-state index is -0.348. The van der Waals surface area contributed by atoms with Gasteiger partial charge < -0.3 is 10.0 Å². The Morgan fingerprint density at radius 1 is 0.862 bits per heavy atom. The zero-order valence-corrected chi connectivity index (χ0v) is 18.0. The largest absolute Gasteiger partial charge is 0.503 e. The highest BCUT2D eigenvalue weighted by molar-refractivity contribution is 9.10. The minimum absolute atomic E-state index is 0.172. The van der Waals surface area contributed by atoms with Gasteiger partial charge in [-0.2, -0.15) is 0 Å². The Hall–Kier alpha value is -2.85. The Bertz CT molecular complexity index is 1070. The number of rotatable bonds is 4. The maximum absolute atomic E-state index is 13.1. The monoisotopic (exact) mass is 447 g/mol. The Labute approximate surface area is 179 Å². The highest BCUT2D eigenvalue weighted by Crippen LogP contribution is 2.44. The summed E-state index contributed by atoms with van der Waals surface area (Å²) in [7, 11) is 0. The smallest absolute Gasteiger partial charge is 0.290 e. The number of carbonyl (C=O) groups is 1. The van der Waals surface area contributed by atoms with E-state index in [-0.39, 0.29) is 17.7 Å². The fourth-order valence-electron chi connectivity index (χ4n) is 3.73. The summed E-state index contributed by atoms with van der Waals surface area (Å²) >= 11 is 3.48. The molecule has 0 aliphatic carbocycles. The van der Waals surface area contributed by atoms with Gasteiger partial charge in [0.25, 0.3) is 5.91 Å². The number of aliphatic hydroxyl groups is 1. The molecule has 4 rings (SSSR count). The molecule has 1 atom stereocenters. The average Bonchev–Trinajstić information content (AvgIpc) is 2.96. The normalized spacial score (nSPS) is 16.6. The molecule has 3 aromatic carbocycles. The third-order valence-corrected chi connectivity index (χ3v) is 5.85. The predicted molar refractivity (Wildman–Crippen MR) is 119 cm³/mol. The van der Waals surface area contributed by atoms with Crippen molar-refractivity contribution in [1.29, 1.82) is 0 Å². The summed E-state index contributed by atoms with van der Waals surface area (Å²) in [5.74, 6) is -0.511. The van der Waals surface area contributed by atoms with E-state index in [1.807, 2.05) is 86.6 Å². The van der Waals surface area contributed by atoms with Gasteiger partial charge in [-0.15, -0.1) is 0 Å². The lowest BCUT2D eigenvalue weighted by molar-refractivity contribution is -0.130. The van der Waals surface area contributed by atoms with Crippen molar-refractivity contribution in [3.8, 4) is 0 Å². The number of aryl methyl sites for hydroxylation is 2. The van der Waals surface area contributed by atoms with E-state index >= 15 is 0 Å². The molecule has 3 nitrogen and oxygen atoms in total. The van der Waals surface area contributed by atoms with Crippen molar-refractivity contribution < 1.29 is 9.90 Å². The summed E-state index contributed by atoms with van der Waals surface area (Å²) in [6, 6.07) is 23.7. The summed E-state index contributed by atoms with van der Waals surface area (Å²) in [5.41, 5.74) is 5.82. The number of nitrogens with zero attached hydrogens (tertiary/aromatic N) is 1. The van der Waals surface area contributed by atoms with E-state index in [0.29, 0.717) is 12.1 Å². The van der Waals surface area contributed by atoms with Crippen LogP contribution in [-0.4, -0.2) is 15.9 Å². The molecule has 1 heterocycles. The van der Waals surface area contributed by atoms with Gasteiger partial charge in [-0.05, 0) is 42.7 Å². The van der Waals surface area contributed by atoms with E-state index < -0.39 is 0 Å². The van der Waals surface area contributed by atoms with E-state index in [4.69, 9.17) is 0 Å². The maximum atomic E-state index is 13.1. The molecule has 1 amide bonds. The Kier molecular flexibility index (Phi) is 5.29. The fraction of sp³-hybridized carbons (Fsp3) is 0.160. The number of aliphatic hydroxyl groups excluding tert-OH is 1. The topological polar surface area (TPSA) is 40.5 Å². The van der Waals surface area contributed by atoms with Crippen molar-refractivity contribution in [3.63, 3.8) is 0 Å². The lowest BCUT2D eigenvalue weighted by Crippen LogP contribution is -2.29. The molecule has 0 fully saturated rings. The standard InChI is InChI=1S/C25H22BrNO2/c1-16-3-7-18(8-4-16)15-27-23(20-11-13-21(26)14-12-20)22(24(28)25(27)29)19-9-5-17(2)6-10-19/h3-14,23,28H,15H2,1-2H3. The molecule has 1 N–H and O–H groups in total. The lowest BCUT2D eigenvalue weighted by atomic mass is 9.93. The lowest BCUT2D eigenvalue weighted by Gasteiger charge is -2.27. The summed E-state index contributed by atoms with van der Waals surface area (Å²) in [6.45, 7) is 4.49. The number of hydrogen-bond donors (Lipinski definition) is 1. The van der Waals surface area contributed by atoms with Crippen molar-refractivity contribution in [2.45, 2.75) is 26.4 Å². The third-order valence-electron chi connectivity index (χ3n) is 5.33. The van der Waals surface area contributed by atoms with Crippen LogP contribution in [0.5, 0.6) is 0 Å². The van der Waals surface area contributed by atoms with E-state index in [2.05, 4.69) is 15.9 Å². The van der Waals surface area contributed by atoms with Crippen LogP contribution in [0.2, 0.25) is 0 Å². The van der Waals surface area contributed by atoms with Gasteiger partial charge in [0.2, 0.25) is 0 Å². The molecule has 0 aromatic heterocycles. The first-order chi connectivity index (χ1) is 13.9. The first kappa shape index (κ1) is 19.5. The van der Waals surface area contributed by atoms with Gasteiger partial charge in [-0.3, -0.25) is 4.79 Å². The van der Waals surface area contributed by atoms with Crippen molar-refractivity contribution in [2.24, 2.45) is 0 Å². The average molecular weight is 448 g/mol. The van der Waals surface area contributed by atoms with Gasteiger partial charge in [0, 0.05) is 16.6 Å². The Morgan fingerprint density at radius 2 is 1.41 bits per heavy atom. The second kappa shape index (κ2) is 7.88. The SMILES string of the molecule is Cc1ccc(CN2C(=O)C(O)=C(c3ccc(C)cc3)C2c2ccc(Br)cc2)cc1. The van der Waals surface area contributed by atoms with Gasteiger partial charge in [-0.25, -0.2) is 0 Å². The molecule has 4 heteroatoms. The molecule has 0 saturated heterocycles. The quantitative estimate of drug-likeness (QED) is 0.523. The first-order valence-corrected chi connectivity index (χ1v) is 10.4. The van der Waals surface area contributed by atoms with Crippen LogP contribution in [0, 0.1) is 13.8 Å². The highest BCUT2D eigenvalue weighted by atomic mass is 79.9. The van der Waals surface area contributed by atoms with Crippen LogP contribution in [-0.2, 0) is 11.3 Å². The third kappa shape index (κ3) is 3.85. The number of amides is 1. The van der Waals surface area contributed by atoms with Crippen molar-refractivity contribution in [2.75, 3.05) is 0 Å². The molecule has 3 aromatic rings. The fourth-order valence-corrected chi connectivity index (χ4v) is 3.99. The van der Waals surface area contributed by atoms with Crippen LogP contribution in [0.25, 0.3) is 5.57 Å². The van der Waals surface area contributed by atoms with Crippen molar-refractivity contribution in [1.82, 2.24) is 4.90 Å². The Balaban J connectivity index is 1.80. The number of carbonyl (C=O) groups excluding carboxylic acids is 1. The second-order valence-electron chi connectivity index (χ2n) is 7.50. The van der Waals surface area contributed by atoms with Crippen LogP contribution in [0.15, 0.2) is 83.0 Å². The Morgan fingerprint density at radius 3 is 2.00 bits per heavy atom. The predicted octanol–water partition coefficient (Wildman–Crippen LogP) is 6.12.